The van der Waals surface area contributed by atoms with Crippen LogP contribution >= 0.6 is 23.1 Å². The number of anilines is 1. The van der Waals surface area contributed by atoms with E-state index in [9.17, 15) is 9.59 Å². The van der Waals surface area contributed by atoms with Crippen molar-refractivity contribution >= 4 is 44.9 Å². The van der Waals surface area contributed by atoms with Gasteiger partial charge in [-0.2, -0.15) is 5.26 Å². The molecule has 0 saturated heterocycles. The van der Waals surface area contributed by atoms with E-state index in [1.807, 2.05) is 35.7 Å². The number of hydrogen-bond donors (Lipinski definition) is 1. The average molecular weight is 433 g/mol. The molecule has 148 valence electrons. The molecule has 4 rings (SSSR count). The number of rotatable bonds is 5. The van der Waals surface area contributed by atoms with Gasteiger partial charge in [-0.25, -0.2) is 4.98 Å². The molecule has 4 aromatic rings. The number of benzene rings is 2. The highest BCUT2D eigenvalue weighted by Crippen LogP contribution is 2.32. The monoisotopic (exact) mass is 432 g/mol. The van der Waals surface area contributed by atoms with Crippen LogP contribution in [0.25, 0.3) is 21.3 Å². The Bertz CT molecular complexity index is 1340. The second kappa shape index (κ2) is 8.53. The second-order valence-corrected chi connectivity index (χ2v) is 8.27. The lowest BCUT2D eigenvalue weighted by Crippen LogP contribution is -2.21. The number of thioether (sulfide) groups is 1. The van der Waals surface area contributed by atoms with Gasteiger partial charge in [0.05, 0.1) is 22.5 Å². The van der Waals surface area contributed by atoms with Crippen LogP contribution in [-0.2, 0) is 11.8 Å². The third-order valence-corrected chi connectivity index (χ3v) is 6.48. The van der Waals surface area contributed by atoms with Gasteiger partial charge in [0, 0.05) is 18.0 Å². The minimum atomic E-state index is -0.273. The van der Waals surface area contributed by atoms with Crippen molar-refractivity contribution in [2.75, 3.05) is 11.1 Å². The first-order valence-corrected chi connectivity index (χ1v) is 10.9. The average Bonchev–Trinajstić information content (AvgIpc) is 3.20. The number of thiophene rings is 1. The molecule has 8 heteroatoms. The Kier molecular flexibility index (Phi) is 5.65. The summed E-state index contributed by atoms with van der Waals surface area (Å²) in [7, 11) is 1.65. The minimum absolute atomic E-state index is 0.0658. The van der Waals surface area contributed by atoms with Crippen molar-refractivity contribution in [3.63, 3.8) is 0 Å². The third kappa shape index (κ3) is 3.85. The van der Waals surface area contributed by atoms with Gasteiger partial charge in [-0.05, 0) is 17.7 Å². The predicted octanol–water partition coefficient (Wildman–Crippen LogP) is 4.26. The number of carbonyl (C=O) groups is 1. The fourth-order valence-corrected chi connectivity index (χ4v) is 4.74. The molecule has 2 aromatic carbocycles. The van der Waals surface area contributed by atoms with Crippen LogP contribution in [0.5, 0.6) is 0 Å². The lowest BCUT2D eigenvalue weighted by atomic mass is 10.1. The number of nitrogens with zero attached hydrogens (tertiary/aromatic N) is 3. The molecule has 0 bridgehead atoms. The van der Waals surface area contributed by atoms with Gasteiger partial charge in [0.1, 0.15) is 10.8 Å². The number of nitrogens with one attached hydrogen (secondary N) is 1. The number of para-hydroxylation sites is 1. The molecular weight excluding hydrogens is 416 g/mol. The molecule has 0 unspecified atom stereocenters. The number of hydrogen-bond acceptors (Lipinski definition) is 6. The zero-order valence-electron chi connectivity index (χ0n) is 16.0. The van der Waals surface area contributed by atoms with E-state index in [4.69, 9.17) is 5.26 Å². The summed E-state index contributed by atoms with van der Waals surface area (Å²) in [6, 6.07) is 18.7. The fraction of sp³-hybridized carbons (Fsp3) is 0.0909. The van der Waals surface area contributed by atoms with Crippen LogP contribution in [0.2, 0.25) is 0 Å². The summed E-state index contributed by atoms with van der Waals surface area (Å²) >= 11 is 2.56. The topological polar surface area (TPSA) is 87.8 Å². The number of aromatic nitrogens is 2. The first kappa shape index (κ1) is 19.9. The Morgan fingerprint density at radius 1 is 1.20 bits per heavy atom. The van der Waals surface area contributed by atoms with Crippen LogP contribution < -0.4 is 10.9 Å². The van der Waals surface area contributed by atoms with E-state index in [0.717, 1.165) is 11.1 Å². The van der Waals surface area contributed by atoms with Gasteiger partial charge in [-0.1, -0.05) is 54.2 Å². The summed E-state index contributed by atoms with van der Waals surface area (Å²) in [5.74, 6) is -0.207. The Morgan fingerprint density at radius 3 is 2.70 bits per heavy atom. The summed E-state index contributed by atoms with van der Waals surface area (Å²) in [5.41, 5.74) is 3.27. The Balaban J connectivity index is 1.60. The van der Waals surface area contributed by atoms with Gasteiger partial charge in [0.2, 0.25) is 5.91 Å². The Hall–Kier alpha value is -3.41. The first-order valence-electron chi connectivity index (χ1n) is 9.04. The van der Waals surface area contributed by atoms with Crippen molar-refractivity contribution in [1.29, 1.82) is 5.26 Å². The van der Waals surface area contributed by atoms with Crippen LogP contribution in [0, 0.1) is 11.3 Å². The van der Waals surface area contributed by atoms with Crippen molar-refractivity contribution in [3.8, 4) is 17.2 Å². The summed E-state index contributed by atoms with van der Waals surface area (Å²) in [6.45, 7) is 0. The maximum atomic E-state index is 12.8. The first-order chi connectivity index (χ1) is 14.6. The molecule has 2 heterocycles. The molecule has 1 amide bonds. The SMILES string of the molecule is Cn1c(SCC(=O)Nc2ccccc2C#N)nc2c(-c3ccccc3)csc2c1=O. The number of carbonyl (C=O) groups excluding carboxylic acids is 1. The van der Waals surface area contributed by atoms with Crippen molar-refractivity contribution in [3.05, 3.63) is 75.9 Å². The molecule has 0 aliphatic rings. The summed E-state index contributed by atoms with van der Waals surface area (Å²) < 4.78 is 2.06. The van der Waals surface area contributed by atoms with Gasteiger partial charge in [-0.15, -0.1) is 11.3 Å². The number of amides is 1. The van der Waals surface area contributed by atoms with Crippen molar-refractivity contribution in [2.45, 2.75) is 5.16 Å². The van der Waals surface area contributed by atoms with Crippen molar-refractivity contribution in [1.82, 2.24) is 9.55 Å². The molecule has 1 N–H and O–H groups in total. The van der Waals surface area contributed by atoms with Gasteiger partial charge < -0.3 is 5.32 Å². The smallest absolute Gasteiger partial charge is 0.271 e. The molecule has 0 aliphatic carbocycles. The van der Waals surface area contributed by atoms with Crippen LogP contribution in [0.4, 0.5) is 5.69 Å². The molecule has 2 aromatic heterocycles. The zero-order chi connectivity index (χ0) is 21.1. The molecule has 0 aliphatic heterocycles. The summed E-state index contributed by atoms with van der Waals surface area (Å²) in [4.78, 5) is 29.9. The largest absolute Gasteiger partial charge is 0.324 e. The zero-order valence-corrected chi connectivity index (χ0v) is 17.6. The predicted molar refractivity (Wildman–Crippen MR) is 121 cm³/mol. The highest BCUT2D eigenvalue weighted by molar-refractivity contribution is 7.99. The Labute approximate surface area is 180 Å². The molecule has 6 nitrogen and oxygen atoms in total. The highest BCUT2D eigenvalue weighted by atomic mass is 32.2. The normalized spacial score (nSPS) is 10.7. The quantitative estimate of drug-likeness (QED) is 0.376. The standard InChI is InChI=1S/C22H16N4O2S2/c1-26-21(28)20-19(16(12-29-20)14-7-3-2-4-8-14)25-22(26)30-13-18(27)24-17-10-6-5-9-15(17)11-23/h2-10,12H,13H2,1H3,(H,24,27). The van der Waals surface area contributed by atoms with E-state index in [-0.39, 0.29) is 17.2 Å². The summed E-state index contributed by atoms with van der Waals surface area (Å²) in [5, 5.41) is 14.3. The van der Waals surface area contributed by atoms with Crippen LogP contribution in [0.1, 0.15) is 5.56 Å². The third-order valence-electron chi connectivity index (χ3n) is 4.50. The van der Waals surface area contributed by atoms with Crippen molar-refractivity contribution in [2.24, 2.45) is 7.05 Å². The molecule has 0 saturated carbocycles. The maximum Gasteiger partial charge on any atom is 0.271 e. The molecule has 0 radical (unpaired) electrons. The van der Waals surface area contributed by atoms with Gasteiger partial charge in [0.25, 0.3) is 5.56 Å². The van der Waals surface area contributed by atoms with E-state index in [2.05, 4.69) is 16.4 Å². The summed E-state index contributed by atoms with van der Waals surface area (Å²) in [6.07, 6.45) is 0. The fourth-order valence-electron chi connectivity index (χ4n) is 2.98. The van der Waals surface area contributed by atoms with E-state index >= 15 is 0 Å². The van der Waals surface area contributed by atoms with Gasteiger partial charge in [0.15, 0.2) is 5.16 Å². The second-order valence-electron chi connectivity index (χ2n) is 6.45. The molecule has 0 spiro atoms. The lowest BCUT2D eigenvalue weighted by Gasteiger charge is -2.09. The molecule has 0 atom stereocenters. The maximum absolute atomic E-state index is 12.8. The molecular formula is C22H16N4O2S2. The van der Waals surface area contributed by atoms with Gasteiger partial charge in [-0.3, -0.25) is 14.2 Å². The van der Waals surface area contributed by atoms with E-state index in [1.165, 1.54) is 27.7 Å². The van der Waals surface area contributed by atoms with Crippen molar-refractivity contribution < 1.29 is 4.79 Å². The number of fused-ring (bicyclic) bond motifs is 1. The van der Waals surface area contributed by atoms with Crippen LogP contribution in [0.15, 0.2) is 69.9 Å². The lowest BCUT2D eigenvalue weighted by molar-refractivity contribution is -0.113. The number of nitriles is 1. The van der Waals surface area contributed by atoms with E-state index in [1.54, 1.807) is 31.3 Å². The highest BCUT2D eigenvalue weighted by Gasteiger charge is 2.16. The van der Waals surface area contributed by atoms with Crippen LogP contribution in [-0.4, -0.2) is 21.2 Å². The van der Waals surface area contributed by atoms with Gasteiger partial charge >= 0.3 is 0 Å². The molecule has 30 heavy (non-hydrogen) atoms. The van der Waals surface area contributed by atoms with E-state index in [0.29, 0.717) is 26.6 Å². The minimum Gasteiger partial charge on any atom is -0.324 e. The Morgan fingerprint density at radius 2 is 1.93 bits per heavy atom. The molecule has 0 fully saturated rings. The van der Waals surface area contributed by atoms with Crippen LogP contribution in [0.3, 0.4) is 0 Å². The van der Waals surface area contributed by atoms with E-state index < -0.39 is 0 Å².